The molecule has 0 radical (unpaired) electrons. The number of carbonyl (C=O) groups is 2. The van der Waals surface area contributed by atoms with Crippen molar-refractivity contribution in [2.45, 2.75) is 6.54 Å². The molecular formula is C22H19ClN2O3. The van der Waals surface area contributed by atoms with Gasteiger partial charge in [-0.3, -0.25) is 9.59 Å². The molecule has 0 aliphatic rings. The molecule has 0 aliphatic heterocycles. The molecule has 3 rings (SSSR count). The summed E-state index contributed by atoms with van der Waals surface area (Å²) < 4.78 is 5.15. The van der Waals surface area contributed by atoms with Crippen molar-refractivity contribution in [2.24, 2.45) is 0 Å². The van der Waals surface area contributed by atoms with E-state index in [-0.39, 0.29) is 11.8 Å². The summed E-state index contributed by atoms with van der Waals surface area (Å²) in [5.74, 6) is 0.0514. The summed E-state index contributed by atoms with van der Waals surface area (Å²) in [5, 5.41) is 6.20. The van der Waals surface area contributed by atoms with E-state index < -0.39 is 0 Å². The molecule has 0 spiro atoms. The van der Waals surface area contributed by atoms with Crippen molar-refractivity contribution in [3.8, 4) is 5.75 Å². The van der Waals surface area contributed by atoms with Gasteiger partial charge in [-0.25, -0.2) is 0 Å². The number of nitrogens with one attached hydrogen (secondary N) is 2. The average Bonchev–Trinajstić information content (AvgIpc) is 2.73. The van der Waals surface area contributed by atoms with Crippen LogP contribution in [0.3, 0.4) is 0 Å². The summed E-state index contributed by atoms with van der Waals surface area (Å²) in [7, 11) is 1.56. The van der Waals surface area contributed by atoms with Gasteiger partial charge in [0.15, 0.2) is 0 Å². The van der Waals surface area contributed by atoms with Crippen LogP contribution in [0, 0.1) is 0 Å². The predicted molar refractivity (Wildman–Crippen MR) is 110 cm³/mol. The van der Waals surface area contributed by atoms with Gasteiger partial charge >= 0.3 is 0 Å². The largest absolute Gasteiger partial charge is 0.497 e. The average molecular weight is 395 g/mol. The molecule has 0 heterocycles. The van der Waals surface area contributed by atoms with E-state index >= 15 is 0 Å². The number of carbonyl (C=O) groups excluding carboxylic acids is 2. The topological polar surface area (TPSA) is 67.4 Å². The van der Waals surface area contributed by atoms with Crippen molar-refractivity contribution < 1.29 is 14.3 Å². The summed E-state index contributed by atoms with van der Waals surface area (Å²) in [6.07, 6.45) is 0. The molecule has 3 aromatic carbocycles. The third-order valence-electron chi connectivity index (χ3n) is 4.11. The van der Waals surface area contributed by atoms with E-state index in [2.05, 4.69) is 10.6 Å². The lowest BCUT2D eigenvalue weighted by Crippen LogP contribution is -2.23. The van der Waals surface area contributed by atoms with Gasteiger partial charge in [-0.2, -0.15) is 0 Å². The molecule has 142 valence electrons. The number of halogens is 1. The molecule has 0 aliphatic carbocycles. The number of ether oxygens (including phenoxy) is 1. The molecule has 0 saturated heterocycles. The number of methoxy groups -OCH3 is 1. The maximum absolute atomic E-state index is 12.5. The van der Waals surface area contributed by atoms with E-state index in [1.807, 2.05) is 18.2 Å². The Labute approximate surface area is 168 Å². The summed E-state index contributed by atoms with van der Waals surface area (Å²) in [4.78, 5) is 25.0. The standard InChI is InChI=1S/C22H19ClN2O3/c1-28-19-10-5-9-18(13-19)25-22(27)16-8-4-7-15(12-16)21(26)24-14-17-6-2-3-11-20(17)23/h2-13H,14H2,1H3,(H,24,26)(H,25,27). The summed E-state index contributed by atoms with van der Waals surface area (Å²) in [6, 6.07) is 20.9. The summed E-state index contributed by atoms with van der Waals surface area (Å²) in [6.45, 7) is 0.304. The Balaban J connectivity index is 1.68. The highest BCUT2D eigenvalue weighted by Crippen LogP contribution is 2.18. The monoisotopic (exact) mass is 394 g/mol. The first kappa shape index (κ1) is 19.5. The molecule has 0 fully saturated rings. The molecule has 3 aromatic rings. The Bertz CT molecular complexity index is 1000. The predicted octanol–water partition coefficient (Wildman–Crippen LogP) is 4.53. The maximum Gasteiger partial charge on any atom is 0.255 e. The van der Waals surface area contributed by atoms with Crippen LogP contribution in [0.1, 0.15) is 26.3 Å². The van der Waals surface area contributed by atoms with Gasteiger partial charge in [0.2, 0.25) is 0 Å². The second-order valence-electron chi connectivity index (χ2n) is 6.04. The van der Waals surface area contributed by atoms with Crippen LogP contribution in [-0.4, -0.2) is 18.9 Å². The molecule has 2 amide bonds. The van der Waals surface area contributed by atoms with Crippen molar-refractivity contribution in [3.05, 3.63) is 94.5 Å². The zero-order valence-electron chi connectivity index (χ0n) is 15.2. The van der Waals surface area contributed by atoms with Crippen molar-refractivity contribution in [2.75, 3.05) is 12.4 Å². The highest BCUT2D eigenvalue weighted by atomic mass is 35.5. The fourth-order valence-electron chi connectivity index (χ4n) is 2.63. The Morgan fingerprint density at radius 2 is 1.61 bits per heavy atom. The molecule has 0 atom stereocenters. The second-order valence-corrected chi connectivity index (χ2v) is 6.45. The lowest BCUT2D eigenvalue weighted by molar-refractivity contribution is 0.0951. The van der Waals surface area contributed by atoms with Crippen molar-refractivity contribution in [1.29, 1.82) is 0 Å². The highest BCUT2D eigenvalue weighted by molar-refractivity contribution is 6.31. The molecule has 2 N–H and O–H groups in total. The Morgan fingerprint density at radius 3 is 2.36 bits per heavy atom. The normalized spacial score (nSPS) is 10.2. The lowest BCUT2D eigenvalue weighted by Gasteiger charge is -2.09. The van der Waals surface area contributed by atoms with Gasteiger partial charge < -0.3 is 15.4 Å². The second kappa shape index (κ2) is 9.06. The van der Waals surface area contributed by atoms with E-state index in [1.165, 1.54) is 0 Å². The minimum absolute atomic E-state index is 0.282. The van der Waals surface area contributed by atoms with Crippen molar-refractivity contribution in [1.82, 2.24) is 5.32 Å². The van der Waals surface area contributed by atoms with E-state index in [1.54, 1.807) is 61.7 Å². The number of amides is 2. The van der Waals surface area contributed by atoms with Gasteiger partial charge in [0.05, 0.1) is 7.11 Å². The third-order valence-corrected chi connectivity index (χ3v) is 4.48. The molecular weight excluding hydrogens is 376 g/mol. The number of hydrogen-bond donors (Lipinski definition) is 2. The Hall–Kier alpha value is -3.31. The molecule has 0 unspecified atom stereocenters. The Morgan fingerprint density at radius 1 is 0.893 bits per heavy atom. The third kappa shape index (κ3) is 4.90. The van der Waals surface area contributed by atoms with Gasteiger partial charge in [0.1, 0.15) is 5.75 Å². The van der Waals surface area contributed by atoms with E-state index in [9.17, 15) is 9.59 Å². The van der Waals surface area contributed by atoms with Crippen molar-refractivity contribution >= 4 is 29.1 Å². The van der Waals surface area contributed by atoms with Crippen LogP contribution in [0.25, 0.3) is 0 Å². The van der Waals surface area contributed by atoms with Crippen LogP contribution in [0.2, 0.25) is 5.02 Å². The molecule has 6 heteroatoms. The van der Waals surface area contributed by atoms with Crippen LogP contribution >= 0.6 is 11.6 Å². The summed E-state index contributed by atoms with van der Waals surface area (Å²) in [5.41, 5.74) is 2.21. The lowest BCUT2D eigenvalue weighted by atomic mass is 10.1. The van der Waals surface area contributed by atoms with Crippen LogP contribution in [0.15, 0.2) is 72.8 Å². The van der Waals surface area contributed by atoms with Gasteiger partial charge in [0, 0.05) is 34.4 Å². The molecule has 0 bridgehead atoms. The summed E-state index contributed by atoms with van der Waals surface area (Å²) >= 11 is 6.11. The van der Waals surface area contributed by atoms with E-state index in [0.29, 0.717) is 34.1 Å². The number of anilines is 1. The van der Waals surface area contributed by atoms with Crippen LogP contribution < -0.4 is 15.4 Å². The number of hydrogen-bond acceptors (Lipinski definition) is 3. The first-order valence-corrected chi connectivity index (χ1v) is 9.01. The fraction of sp³-hybridized carbons (Fsp3) is 0.0909. The number of rotatable bonds is 6. The minimum Gasteiger partial charge on any atom is -0.497 e. The van der Waals surface area contributed by atoms with Gasteiger partial charge in [0.25, 0.3) is 11.8 Å². The van der Waals surface area contributed by atoms with Gasteiger partial charge in [-0.15, -0.1) is 0 Å². The maximum atomic E-state index is 12.5. The molecule has 28 heavy (non-hydrogen) atoms. The molecule has 0 aromatic heterocycles. The zero-order chi connectivity index (χ0) is 19.9. The van der Waals surface area contributed by atoms with Crippen molar-refractivity contribution in [3.63, 3.8) is 0 Å². The Kier molecular flexibility index (Phi) is 6.29. The van der Waals surface area contributed by atoms with E-state index in [4.69, 9.17) is 16.3 Å². The van der Waals surface area contributed by atoms with E-state index in [0.717, 1.165) is 5.56 Å². The quantitative estimate of drug-likeness (QED) is 0.645. The smallest absolute Gasteiger partial charge is 0.255 e. The molecule has 0 saturated carbocycles. The zero-order valence-corrected chi connectivity index (χ0v) is 16.0. The van der Waals surface area contributed by atoms with Crippen LogP contribution in [0.5, 0.6) is 5.75 Å². The van der Waals surface area contributed by atoms with Crippen LogP contribution in [0.4, 0.5) is 5.69 Å². The first-order valence-electron chi connectivity index (χ1n) is 8.64. The van der Waals surface area contributed by atoms with Gasteiger partial charge in [-0.05, 0) is 42.0 Å². The van der Waals surface area contributed by atoms with Gasteiger partial charge in [-0.1, -0.05) is 41.9 Å². The minimum atomic E-state index is -0.311. The molecule has 5 nitrogen and oxygen atoms in total. The fourth-order valence-corrected chi connectivity index (χ4v) is 2.83. The number of benzene rings is 3. The highest BCUT2D eigenvalue weighted by Gasteiger charge is 2.11. The SMILES string of the molecule is COc1cccc(NC(=O)c2cccc(C(=O)NCc3ccccc3Cl)c2)c1. The first-order chi connectivity index (χ1) is 13.6. The van der Waals surface area contributed by atoms with Crippen LogP contribution in [-0.2, 0) is 6.54 Å².